The average Bonchev–Trinajstić information content (AvgIpc) is 3.06. The Bertz CT molecular complexity index is 795. The van der Waals surface area contributed by atoms with Crippen molar-refractivity contribution < 1.29 is 0 Å². The van der Waals surface area contributed by atoms with E-state index in [2.05, 4.69) is 57.4 Å². The predicted octanol–water partition coefficient (Wildman–Crippen LogP) is 4.28. The molecule has 3 nitrogen and oxygen atoms in total. The van der Waals surface area contributed by atoms with Crippen molar-refractivity contribution in [3.8, 4) is 11.3 Å². The second-order valence-corrected chi connectivity index (χ2v) is 6.94. The second-order valence-electron chi connectivity index (χ2n) is 5.47. The summed E-state index contributed by atoms with van der Waals surface area (Å²) in [6, 6.07) is 18.6. The molecule has 0 bridgehead atoms. The number of thiazole rings is 1. The van der Waals surface area contributed by atoms with Gasteiger partial charge in [-0.1, -0.05) is 54.6 Å². The van der Waals surface area contributed by atoms with Crippen molar-refractivity contribution >= 4 is 28.7 Å². The molecule has 0 radical (unpaired) electrons. The molecule has 0 aliphatic carbocycles. The first kappa shape index (κ1) is 16.6. The monoisotopic (exact) mass is 353 g/mol. The fraction of sp³-hybridized carbons (Fsp3) is 0.158. The standard InChI is InChI=1S/C19H19N3S2/c1-14-22-18(13-24-14)17-9-7-16(8-10-17)12-21-19(23)20-11-15-5-3-2-4-6-15/h2-10,13H,11-12H2,1H3,(H2,20,21,23). The topological polar surface area (TPSA) is 37.0 Å². The van der Waals surface area contributed by atoms with E-state index in [-0.39, 0.29) is 0 Å². The van der Waals surface area contributed by atoms with E-state index in [0.717, 1.165) is 22.8 Å². The number of aryl methyl sites for hydroxylation is 1. The molecular weight excluding hydrogens is 334 g/mol. The zero-order chi connectivity index (χ0) is 16.8. The molecule has 2 aromatic carbocycles. The first-order chi connectivity index (χ1) is 11.7. The van der Waals surface area contributed by atoms with Crippen LogP contribution in [-0.4, -0.2) is 10.1 Å². The lowest BCUT2D eigenvalue weighted by molar-refractivity contribution is 0.833. The van der Waals surface area contributed by atoms with E-state index in [4.69, 9.17) is 12.2 Å². The van der Waals surface area contributed by atoms with Gasteiger partial charge in [-0.25, -0.2) is 4.98 Å². The molecule has 0 spiro atoms. The summed E-state index contributed by atoms with van der Waals surface area (Å²) < 4.78 is 0. The first-order valence-electron chi connectivity index (χ1n) is 7.78. The Morgan fingerprint density at radius 1 is 0.958 bits per heavy atom. The average molecular weight is 354 g/mol. The van der Waals surface area contributed by atoms with Gasteiger partial charge >= 0.3 is 0 Å². The molecule has 0 saturated carbocycles. The smallest absolute Gasteiger partial charge is 0.166 e. The summed E-state index contributed by atoms with van der Waals surface area (Å²) in [5, 5.41) is 10.3. The lowest BCUT2D eigenvalue weighted by Gasteiger charge is -2.11. The predicted molar refractivity (Wildman–Crippen MR) is 105 cm³/mol. The molecule has 0 unspecified atom stereocenters. The lowest BCUT2D eigenvalue weighted by atomic mass is 10.1. The van der Waals surface area contributed by atoms with E-state index < -0.39 is 0 Å². The van der Waals surface area contributed by atoms with E-state index in [1.165, 1.54) is 11.1 Å². The second kappa shape index (κ2) is 8.04. The summed E-state index contributed by atoms with van der Waals surface area (Å²) in [6.07, 6.45) is 0. The van der Waals surface area contributed by atoms with Crippen LogP contribution in [0, 0.1) is 6.92 Å². The number of rotatable bonds is 5. The number of nitrogens with zero attached hydrogens (tertiary/aromatic N) is 1. The summed E-state index contributed by atoms with van der Waals surface area (Å²) in [5.74, 6) is 0. The quantitative estimate of drug-likeness (QED) is 0.671. The Labute approximate surface area is 151 Å². The highest BCUT2D eigenvalue weighted by Crippen LogP contribution is 2.21. The van der Waals surface area contributed by atoms with Crippen LogP contribution in [-0.2, 0) is 13.1 Å². The van der Waals surface area contributed by atoms with Crippen molar-refractivity contribution in [2.45, 2.75) is 20.0 Å². The van der Waals surface area contributed by atoms with E-state index in [9.17, 15) is 0 Å². The van der Waals surface area contributed by atoms with Crippen LogP contribution in [0.2, 0.25) is 0 Å². The number of benzene rings is 2. The van der Waals surface area contributed by atoms with E-state index in [1.807, 2.05) is 25.1 Å². The van der Waals surface area contributed by atoms with E-state index >= 15 is 0 Å². The highest BCUT2D eigenvalue weighted by Gasteiger charge is 2.02. The zero-order valence-electron chi connectivity index (χ0n) is 13.5. The van der Waals surface area contributed by atoms with Gasteiger partial charge in [-0.2, -0.15) is 0 Å². The molecule has 1 heterocycles. The van der Waals surface area contributed by atoms with Crippen molar-refractivity contribution in [2.75, 3.05) is 0 Å². The fourth-order valence-corrected chi connectivity index (χ4v) is 3.08. The number of nitrogens with one attached hydrogen (secondary N) is 2. The van der Waals surface area contributed by atoms with Crippen LogP contribution in [0.3, 0.4) is 0 Å². The molecule has 5 heteroatoms. The van der Waals surface area contributed by atoms with Crippen LogP contribution in [0.1, 0.15) is 16.1 Å². The number of thiocarbonyl (C=S) groups is 1. The molecule has 2 N–H and O–H groups in total. The highest BCUT2D eigenvalue weighted by molar-refractivity contribution is 7.80. The molecule has 24 heavy (non-hydrogen) atoms. The molecule has 3 aromatic rings. The molecule has 0 saturated heterocycles. The molecule has 122 valence electrons. The van der Waals surface area contributed by atoms with Crippen molar-refractivity contribution in [2.24, 2.45) is 0 Å². The Kier molecular flexibility index (Phi) is 5.56. The third-order valence-electron chi connectivity index (χ3n) is 3.62. The van der Waals surface area contributed by atoms with Crippen LogP contribution in [0.25, 0.3) is 11.3 Å². The molecular formula is C19H19N3S2. The van der Waals surface area contributed by atoms with Crippen LogP contribution in [0.4, 0.5) is 0 Å². The van der Waals surface area contributed by atoms with Crippen molar-refractivity contribution in [1.82, 2.24) is 15.6 Å². The minimum atomic E-state index is 0.665. The van der Waals surface area contributed by atoms with Crippen LogP contribution in [0.15, 0.2) is 60.0 Å². The lowest BCUT2D eigenvalue weighted by Crippen LogP contribution is -2.34. The minimum absolute atomic E-state index is 0.665. The number of aromatic nitrogens is 1. The molecule has 0 aliphatic rings. The van der Waals surface area contributed by atoms with Gasteiger partial charge in [-0.15, -0.1) is 11.3 Å². The molecule has 3 rings (SSSR count). The molecule has 0 fully saturated rings. The maximum Gasteiger partial charge on any atom is 0.166 e. The van der Waals surface area contributed by atoms with Gasteiger partial charge in [0.25, 0.3) is 0 Å². The summed E-state index contributed by atoms with van der Waals surface area (Å²) in [5.41, 5.74) is 4.59. The van der Waals surface area contributed by atoms with E-state index in [0.29, 0.717) is 11.7 Å². The van der Waals surface area contributed by atoms with E-state index in [1.54, 1.807) is 11.3 Å². The Balaban J connectivity index is 1.48. The first-order valence-corrected chi connectivity index (χ1v) is 9.06. The van der Waals surface area contributed by atoms with Crippen molar-refractivity contribution in [3.63, 3.8) is 0 Å². The van der Waals surface area contributed by atoms with Crippen LogP contribution >= 0.6 is 23.6 Å². The van der Waals surface area contributed by atoms with Gasteiger partial charge in [0.1, 0.15) is 0 Å². The SMILES string of the molecule is Cc1nc(-c2ccc(CNC(=S)NCc3ccccc3)cc2)cs1. The van der Waals surface area contributed by atoms with Crippen molar-refractivity contribution in [1.29, 1.82) is 0 Å². The Morgan fingerprint density at radius 3 is 2.17 bits per heavy atom. The molecule has 1 aromatic heterocycles. The van der Waals surface area contributed by atoms with Crippen molar-refractivity contribution in [3.05, 3.63) is 76.1 Å². The zero-order valence-corrected chi connectivity index (χ0v) is 15.1. The molecule has 0 aliphatic heterocycles. The third-order valence-corrected chi connectivity index (χ3v) is 4.68. The van der Waals surface area contributed by atoms with Crippen LogP contribution < -0.4 is 10.6 Å². The molecule has 0 amide bonds. The van der Waals surface area contributed by atoms with Gasteiger partial charge in [0.05, 0.1) is 10.7 Å². The summed E-state index contributed by atoms with van der Waals surface area (Å²) in [7, 11) is 0. The minimum Gasteiger partial charge on any atom is -0.359 e. The maximum absolute atomic E-state index is 5.33. The number of hydrogen-bond donors (Lipinski definition) is 2. The highest BCUT2D eigenvalue weighted by atomic mass is 32.1. The number of hydrogen-bond acceptors (Lipinski definition) is 3. The van der Waals surface area contributed by atoms with Gasteiger partial charge < -0.3 is 10.6 Å². The summed E-state index contributed by atoms with van der Waals surface area (Å²) in [6.45, 7) is 3.46. The van der Waals surface area contributed by atoms with Crippen LogP contribution in [0.5, 0.6) is 0 Å². The van der Waals surface area contributed by atoms with Gasteiger partial charge in [-0.05, 0) is 30.3 Å². The Morgan fingerprint density at radius 2 is 1.58 bits per heavy atom. The summed E-state index contributed by atoms with van der Waals surface area (Å²) >= 11 is 7.00. The normalized spacial score (nSPS) is 10.4. The van der Waals surface area contributed by atoms with Gasteiger partial charge in [0, 0.05) is 24.0 Å². The third kappa shape index (κ3) is 4.63. The van der Waals surface area contributed by atoms with Gasteiger partial charge in [-0.3, -0.25) is 0 Å². The Hall–Kier alpha value is -2.24. The maximum atomic E-state index is 5.33. The molecule has 0 atom stereocenters. The fourth-order valence-electron chi connectivity index (χ4n) is 2.31. The summed E-state index contributed by atoms with van der Waals surface area (Å²) in [4.78, 5) is 4.51. The van der Waals surface area contributed by atoms with Gasteiger partial charge in [0.2, 0.25) is 0 Å². The largest absolute Gasteiger partial charge is 0.359 e. The van der Waals surface area contributed by atoms with Gasteiger partial charge in [0.15, 0.2) is 5.11 Å².